The van der Waals surface area contributed by atoms with Gasteiger partial charge in [0.1, 0.15) is 11.2 Å². The molecule has 0 aliphatic heterocycles. The van der Waals surface area contributed by atoms with Crippen LogP contribution in [0, 0.1) is 0 Å². The van der Waals surface area contributed by atoms with E-state index >= 15 is 0 Å². The van der Waals surface area contributed by atoms with E-state index in [4.69, 9.17) is 19.4 Å². The van der Waals surface area contributed by atoms with Crippen molar-refractivity contribution in [2.75, 3.05) is 0 Å². The van der Waals surface area contributed by atoms with E-state index in [-0.39, 0.29) is 0 Å². The van der Waals surface area contributed by atoms with Crippen LogP contribution >= 0.6 is 11.3 Å². The molecule has 0 aliphatic rings. The molecule has 0 spiro atoms. The number of fused-ring (bicyclic) bond motifs is 9. The Bertz CT molecular complexity index is 3530. The lowest BCUT2D eigenvalue weighted by molar-refractivity contribution is 0.669. The lowest BCUT2D eigenvalue weighted by Gasteiger charge is -2.12. The largest absolute Gasteiger partial charge is 0.456 e. The maximum atomic E-state index is 6.49. The standard InChI is InChI=1S/C51H30N4OS/c1-3-13-31(14-4-1)36-21-12-23-44-48(36)39-26-25-34(28-45(39)56-44)33-17-11-18-35(27-33)50-52-49(32-15-5-2-6-16-32)53-51(54-50)55-42-22-9-7-19-37(42)40-30-47-41(29-43(40)55)38-20-8-10-24-46(38)57-47/h1-30H. The molecule has 4 aromatic heterocycles. The van der Waals surface area contributed by atoms with Crippen molar-refractivity contribution in [3.63, 3.8) is 0 Å². The van der Waals surface area contributed by atoms with Gasteiger partial charge in [0.15, 0.2) is 11.6 Å². The fourth-order valence-electron chi connectivity index (χ4n) is 8.41. The molecule has 12 aromatic rings. The van der Waals surface area contributed by atoms with E-state index in [0.29, 0.717) is 17.6 Å². The Morgan fingerprint density at radius 3 is 1.93 bits per heavy atom. The van der Waals surface area contributed by atoms with E-state index in [1.807, 2.05) is 41.7 Å². The first-order chi connectivity index (χ1) is 28.2. The number of nitrogens with zero attached hydrogens (tertiary/aromatic N) is 4. The minimum absolute atomic E-state index is 0.576. The van der Waals surface area contributed by atoms with Gasteiger partial charge in [-0.1, -0.05) is 133 Å². The van der Waals surface area contributed by atoms with Crippen molar-refractivity contribution in [3.05, 3.63) is 182 Å². The average Bonchev–Trinajstić information content (AvgIpc) is 3.95. The molecule has 0 N–H and O–H groups in total. The Labute approximate surface area is 330 Å². The van der Waals surface area contributed by atoms with Crippen molar-refractivity contribution in [2.45, 2.75) is 0 Å². The molecule has 12 rings (SSSR count). The highest BCUT2D eigenvalue weighted by molar-refractivity contribution is 7.25. The van der Waals surface area contributed by atoms with Crippen LogP contribution in [0.15, 0.2) is 186 Å². The van der Waals surface area contributed by atoms with Gasteiger partial charge in [0.25, 0.3) is 0 Å². The Kier molecular flexibility index (Phi) is 7.03. The van der Waals surface area contributed by atoms with Crippen molar-refractivity contribution in [2.24, 2.45) is 0 Å². The molecule has 0 saturated carbocycles. The van der Waals surface area contributed by atoms with Crippen LogP contribution in [0.2, 0.25) is 0 Å². The Hall–Kier alpha value is -7.41. The first kappa shape index (κ1) is 31.9. The van der Waals surface area contributed by atoms with Crippen LogP contribution in [0.5, 0.6) is 0 Å². The highest BCUT2D eigenvalue weighted by Crippen LogP contribution is 2.41. The first-order valence-corrected chi connectivity index (χ1v) is 19.8. The number of hydrogen-bond acceptors (Lipinski definition) is 5. The van der Waals surface area contributed by atoms with Crippen LogP contribution < -0.4 is 0 Å². The number of para-hydroxylation sites is 1. The van der Waals surface area contributed by atoms with Crippen molar-refractivity contribution in [1.82, 2.24) is 19.5 Å². The van der Waals surface area contributed by atoms with Crippen molar-refractivity contribution >= 4 is 75.3 Å². The number of furan rings is 1. The lowest BCUT2D eigenvalue weighted by atomic mass is 9.97. The number of benzene rings is 8. The maximum Gasteiger partial charge on any atom is 0.238 e. The molecule has 5 nitrogen and oxygen atoms in total. The van der Waals surface area contributed by atoms with E-state index in [1.165, 1.54) is 31.1 Å². The number of aromatic nitrogens is 4. The molecule has 266 valence electrons. The zero-order valence-corrected chi connectivity index (χ0v) is 31.2. The number of rotatable bonds is 5. The number of thiophene rings is 1. The third kappa shape index (κ3) is 5.12. The Morgan fingerprint density at radius 1 is 0.386 bits per heavy atom. The van der Waals surface area contributed by atoms with Gasteiger partial charge in [-0.05, 0) is 70.8 Å². The van der Waals surface area contributed by atoms with Gasteiger partial charge >= 0.3 is 0 Å². The van der Waals surface area contributed by atoms with Crippen molar-refractivity contribution in [1.29, 1.82) is 0 Å². The molecule has 0 atom stereocenters. The van der Waals surface area contributed by atoms with Gasteiger partial charge in [-0.25, -0.2) is 4.98 Å². The summed E-state index contributed by atoms with van der Waals surface area (Å²) in [5, 5.41) is 7.05. The van der Waals surface area contributed by atoms with Crippen LogP contribution in [0.3, 0.4) is 0 Å². The molecular weight excluding hydrogens is 717 g/mol. The van der Waals surface area contributed by atoms with Crippen LogP contribution in [-0.2, 0) is 0 Å². The van der Waals surface area contributed by atoms with Gasteiger partial charge < -0.3 is 4.42 Å². The SMILES string of the molecule is c1ccc(-c2nc(-c3cccc(-c4ccc5c(c4)oc4cccc(-c6ccccc6)c45)c3)nc(-n3c4ccccc4c4cc5sc6ccccc6c5cc43)n2)cc1. The molecule has 0 fully saturated rings. The zero-order valence-electron chi connectivity index (χ0n) is 30.4. The summed E-state index contributed by atoms with van der Waals surface area (Å²) in [6, 6.07) is 63.7. The van der Waals surface area contributed by atoms with E-state index < -0.39 is 0 Å². The smallest absolute Gasteiger partial charge is 0.238 e. The Balaban J connectivity index is 1.04. The summed E-state index contributed by atoms with van der Waals surface area (Å²) < 4.78 is 11.2. The summed E-state index contributed by atoms with van der Waals surface area (Å²) in [5.41, 5.74) is 10.1. The van der Waals surface area contributed by atoms with E-state index in [2.05, 4.69) is 156 Å². The van der Waals surface area contributed by atoms with Gasteiger partial charge in [-0.2, -0.15) is 9.97 Å². The average molecular weight is 747 g/mol. The van der Waals surface area contributed by atoms with E-state index in [1.54, 1.807) is 0 Å². The second-order valence-corrected chi connectivity index (χ2v) is 15.5. The molecule has 0 aliphatic carbocycles. The number of hydrogen-bond donors (Lipinski definition) is 0. The van der Waals surface area contributed by atoms with E-state index in [0.717, 1.165) is 66.2 Å². The maximum absolute atomic E-state index is 6.49. The second kappa shape index (κ2) is 12.6. The molecule has 8 aromatic carbocycles. The molecule has 4 heterocycles. The fraction of sp³-hybridized carbons (Fsp3) is 0. The first-order valence-electron chi connectivity index (χ1n) is 19.0. The normalized spacial score (nSPS) is 11.9. The molecule has 0 unspecified atom stereocenters. The van der Waals surface area contributed by atoms with Gasteiger partial charge in [-0.15, -0.1) is 11.3 Å². The molecule has 57 heavy (non-hydrogen) atoms. The molecule has 0 amide bonds. The minimum atomic E-state index is 0.576. The van der Waals surface area contributed by atoms with Crippen LogP contribution in [-0.4, -0.2) is 19.5 Å². The summed E-state index contributed by atoms with van der Waals surface area (Å²) >= 11 is 1.83. The highest BCUT2D eigenvalue weighted by Gasteiger charge is 2.20. The molecule has 0 radical (unpaired) electrons. The molecular formula is C51H30N4OS. The third-order valence-corrected chi connectivity index (χ3v) is 12.2. The monoisotopic (exact) mass is 746 g/mol. The van der Waals surface area contributed by atoms with Gasteiger partial charge in [-0.3, -0.25) is 4.57 Å². The summed E-state index contributed by atoms with van der Waals surface area (Å²) in [6.45, 7) is 0. The molecule has 6 heteroatoms. The molecule has 0 saturated heterocycles. The Morgan fingerprint density at radius 2 is 1.07 bits per heavy atom. The quantitative estimate of drug-likeness (QED) is 0.176. The van der Waals surface area contributed by atoms with Crippen LogP contribution in [0.25, 0.3) is 115 Å². The van der Waals surface area contributed by atoms with Crippen molar-refractivity contribution in [3.8, 4) is 51.0 Å². The summed E-state index contributed by atoms with van der Waals surface area (Å²) in [4.78, 5) is 15.6. The van der Waals surface area contributed by atoms with Gasteiger partial charge in [0, 0.05) is 52.8 Å². The summed E-state index contributed by atoms with van der Waals surface area (Å²) in [7, 11) is 0. The van der Waals surface area contributed by atoms with Crippen LogP contribution in [0.4, 0.5) is 0 Å². The fourth-order valence-corrected chi connectivity index (χ4v) is 9.54. The lowest BCUT2D eigenvalue weighted by Crippen LogP contribution is -2.06. The predicted octanol–water partition coefficient (Wildman–Crippen LogP) is 13.9. The molecule has 0 bridgehead atoms. The van der Waals surface area contributed by atoms with Gasteiger partial charge in [0.05, 0.1) is 11.0 Å². The van der Waals surface area contributed by atoms with Crippen LogP contribution in [0.1, 0.15) is 0 Å². The van der Waals surface area contributed by atoms with Crippen molar-refractivity contribution < 1.29 is 4.42 Å². The topological polar surface area (TPSA) is 56.7 Å². The zero-order chi connectivity index (χ0) is 37.5. The van der Waals surface area contributed by atoms with Gasteiger partial charge in [0.2, 0.25) is 5.95 Å². The predicted molar refractivity (Wildman–Crippen MR) is 236 cm³/mol. The van der Waals surface area contributed by atoms with E-state index in [9.17, 15) is 0 Å². The summed E-state index contributed by atoms with van der Waals surface area (Å²) in [5.74, 6) is 1.80. The minimum Gasteiger partial charge on any atom is -0.456 e. The summed E-state index contributed by atoms with van der Waals surface area (Å²) in [6.07, 6.45) is 0. The third-order valence-electron chi connectivity index (χ3n) is 11.1. The second-order valence-electron chi connectivity index (χ2n) is 14.4. The highest BCUT2D eigenvalue weighted by atomic mass is 32.1.